The molecule has 0 aromatic heterocycles. The molecule has 76 valence electrons. The summed E-state index contributed by atoms with van der Waals surface area (Å²) in [6.07, 6.45) is 1.95. The Hall–Kier alpha value is -0.900. The van der Waals surface area contributed by atoms with E-state index in [-0.39, 0.29) is 35.9 Å². The molecule has 0 saturated carbocycles. The second-order valence-corrected chi connectivity index (χ2v) is 4.26. The fourth-order valence-corrected chi connectivity index (χ4v) is 3.09. The van der Waals surface area contributed by atoms with E-state index >= 15 is 0 Å². The van der Waals surface area contributed by atoms with Crippen molar-refractivity contribution in [3.8, 4) is 0 Å². The maximum atomic E-state index is 11.8. The number of hydrogen-bond acceptors (Lipinski definition) is 3. The predicted octanol–water partition coefficient (Wildman–Crippen LogP) is 0.169. The number of fused-ring (bicyclic) bond motifs is 5. The van der Waals surface area contributed by atoms with E-state index in [4.69, 9.17) is 4.74 Å². The van der Waals surface area contributed by atoms with E-state index in [9.17, 15) is 9.59 Å². The minimum absolute atomic E-state index is 0.00491. The van der Waals surface area contributed by atoms with Gasteiger partial charge in [0, 0.05) is 6.54 Å². The van der Waals surface area contributed by atoms with E-state index in [1.54, 1.807) is 0 Å². The number of ether oxygens (including phenoxy) is 1. The lowest BCUT2D eigenvalue weighted by molar-refractivity contribution is -0.142. The van der Waals surface area contributed by atoms with Crippen LogP contribution in [0.3, 0.4) is 0 Å². The van der Waals surface area contributed by atoms with Gasteiger partial charge in [-0.15, -0.1) is 0 Å². The van der Waals surface area contributed by atoms with Crippen LogP contribution in [0.2, 0.25) is 0 Å². The van der Waals surface area contributed by atoms with Gasteiger partial charge in [-0.2, -0.15) is 0 Å². The highest BCUT2D eigenvalue weighted by atomic mass is 16.5. The highest BCUT2D eigenvalue weighted by Crippen LogP contribution is 2.48. The predicted molar refractivity (Wildman–Crippen MR) is 47.3 cm³/mol. The number of carbonyl (C=O) groups is 2. The summed E-state index contributed by atoms with van der Waals surface area (Å²) in [5.41, 5.74) is 0. The highest BCUT2D eigenvalue weighted by molar-refractivity contribution is 6.06. The van der Waals surface area contributed by atoms with E-state index in [2.05, 4.69) is 0 Å². The van der Waals surface area contributed by atoms with Gasteiger partial charge >= 0.3 is 0 Å². The molecular formula is C10H13NO3. The molecule has 3 saturated heterocycles. The Morgan fingerprint density at radius 3 is 2.14 bits per heavy atom. The zero-order valence-corrected chi connectivity index (χ0v) is 8.10. The van der Waals surface area contributed by atoms with E-state index < -0.39 is 0 Å². The summed E-state index contributed by atoms with van der Waals surface area (Å²) in [4.78, 5) is 25.1. The van der Waals surface area contributed by atoms with Gasteiger partial charge in [-0.3, -0.25) is 14.5 Å². The number of rotatable bonds is 1. The third-order valence-corrected chi connectivity index (χ3v) is 3.69. The third kappa shape index (κ3) is 0.780. The van der Waals surface area contributed by atoms with Crippen molar-refractivity contribution in [2.75, 3.05) is 6.54 Å². The molecule has 4 nitrogen and oxygen atoms in total. The highest BCUT2D eigenvalue weighted by Gasteiger charge is 2.61. The van der Waals surface area contributed by atoms with Crippen LogP contribution < -0.4 is 0 Å². The molecule has 0 unspecified atom stereocenters. The van der Waals surface area contributed by atoms with Crippen molar-refractivity contribution in [2.45, 2.75) is 32.0 Å². The van der Waals surface area contributed by atoms with Crippen molar-refractivity contribution in [1.29, 1.82) is 0 Å². The first-order chi connectivity index (χ1) is 6.74. The largest absolute Gasteiger partial charge is 0.373 e. The van der Waals surface area contributed by atoms with Gasteiger partial charge in [0.1, 0.15) is 0 Å². The average molecular weight is 195 g/mol. The van der Waals surface area contributed by atoms with E-state index in [0.29, 0.717) is 6.54 Å². The van der Waals surface area contributed by atoms with Crippen LogP contribution >= 0.6 is 0 Å². The van der Waals surface area contributed by atoms with Gasteiger partial charge in [-0.05, 0) is 19.8 Å². The van der Waals surface area contributed by atoms with Gasteiger partial charge in [-0.25, -0.2) is 0 Å². The second-order valence-electron chi connectivity index (χ2n) is 4.26. The molecule has 2 amide bonds. The summed E-state index contributed by atoms with van der Waals surface area (Å²) in [5, 5.41) is 0. The fraction of sp³-hybridized carbons (Fsp3) is 0.800. The molecule has 0 N–H and O–H groups in total. The summed E-state index contributed by atoms with van der Waals surface area (Å²) in [6, 6.07) is 0. The van der Waals surface area contributed by atoms with Crippen LogP contribution in [0.25, 0.3) is 0 Å². The smallest absolute Gasteiger partial charge is 0.235 e. The zero-order chi connectivity index (χ0) is 9.87. The Bertz CT molecular complexity index is 286. The maximum Gasteiger partial charge on any atom is 0.235 e. The fourth-order valence-electron chi connectivity index (χ4n) is 3.09. The Morgan fingerprint density at radius 1 is 1.21 bits per heavy atom. The minimum atomic E-state index is -0.152. The molecule has 0 aromatic carbocycles. The van der Waals surface area contributed by atoms with Gasteiger partial charge in [-0.1, -0.05) is 0 Å². The molecule has 3 aliphatic rings. The molecule has 3 heterocycles. The van der Waals surface area contributed by atoms with Crippen LogP contribution in [0.5, 0.6) is 0 Å². The molecule has 2 bridgehead atoms. The van der Waals surface area contributed by atoms with Crippen molar-refractivity contribution in [2.24, 2.45) is 11.8 Å². The molecule has 3 fully saturated rings. The van der Waals surface area contributed by atoms with Gasteiger partial charge < -0.3 is 4.74 Å². The summed E-state index contributed by atoms with van der Waals surface area (Å²) in [6.45, 7) is 2.35. The Morgan fingerprint density at radius 2 is 1.71 bits per heavy atom. The van der Waals surface area contributed by atoms with E-state index in [0.717, 1.165) is 12.8 Å². The minimum Gasteiger partial charge on any atom is -0.373 e. The average Bonchev–Trinajstić information content (AvgIpc) is 2.80. The Labute approximate surface area is 82.2 Å². The SMILES string of the molecule is CCN1C(=O)[C@@H]2[C@@H](C1=O)[C@H]1CC[C@H]2O1. The number of likely N-dealkylation sites (tertiary alicyclic amines) is 1. The Kier molecular flexibility index (Phi) is 1.54. The van der Waals surface area contributed by atoms with Crippen LogP contribution in [-0.4, -0.2) is 35.5 Å². The normalized spacial score (nSPS) is 45.1. The number of imide groups is 1. The topological polar surface area (TPSA) is 46.6 Å². The van der Waals surface area contributed by atoms with Crippen molar-refractivity contribution < 1.29 is 14.3 Å². The van der Waals surface area contributed by atoms with Crippen LogP contribution in [0.15, 0.2) is 0 Å². The van der Waals surface area contributed by atoms with Gasteiger partial charge in [0.15, 0.2) is 0 Å². The summed E-state index contributed by atoms with van der Waals surface area (Å²) >= 11 is 0. The maximum absolute atomic E-state index is 11.8. The molecule has 3 rings (SSSR count). The lowest BCUT2D eigenvalue weighted by atomic mass is 9.81. The molecule has 3 aliphatic heterocycles. The first kappa shape index (κ1) is 8.41. The molecule has 0 aromatic rings. The summed E-state index contributed by atoms with van der Waals surface area (Å²) in [7, 11) is 0. The van der Waals surface area contributed by atoms with Gasteiger partial charge in [0.25, 0.3) is 0 Å². The van der Waals surface area contributed by atoms with Crippen molar-refractivity contribution in [1.82, 2.24) is 4.90 Å². The van der Waals surface area contributed by atoms with Crippen molar-refractivity contribution in [3.05, 3.63) is 0 Å². The number of nitrogens with zero attached hydrogens (tertiary/aromatic N) is 1. The molecule has 0 spiro atoms. The van der Waals surface area contributed by atoms with E-state index in [1.165, 1.54) is 4.90 Å². The zero-order valence-electron chi connectivity index (χ0n) is 8.10. The second kappa shape index (κ2) is 2.57. The molecule has 4 heteroatoms. The third-order valence-electron chi connectivity index (χ3n) is 3.69. The van der Waals surface area contributed by atoms with Gasteiger partial charge in [0.05, 0.1) is 24.0 Å². The number of carbonyl (C=O) groups excluding carboxylic acids is 2. The quantitative estimate of drug-likeness (QED) is 0.560. The van der Waals surface area contributed by atoms with Crippen molar-refractivity contribution >= 4 is 11.8 Å². The molecule has 0 radical (unpaired) electrons. The van der Waals surface area contributed by atoms with Gasteiger partial charge in [0.2, 0.25) is 11.8 Å². The number of amides is 2. The van der Waals surface area contributed by atoms with E-state index in [1.807, 2.05) is 6.92 Å². The van der Waals surface area contributed by atoms with Crippen LogP contribution in [-0.2, 0) is 14.3 Å². The molecule has 0 aliphatic carbocycles. The molecular weight excluding hydrogens is 182 g/mol. The molecule has 4 atom stereocenters. The Balaban J connectivity index is 1.98. The summed E-state index contributed by atoms with van der Waals surface area (Å²) < 4.78 is 5.60. The van der Waals surface area contributed by atoms with Crippen LogP contribution in [0.1, 0.15) is 19.8 Å². The summed E-state index contributed by atoms with van der Waals surface area (Å²) in [5.74, 6) is -0.313. The number of hydrogen-bond donors (Lipinski definition) is 0. The lowest BCUT2D eigenvalue weighted by Gasteiger charge is -2.15. The first-order valence-electron chi connectivity index (χ1n) is 5.24. The first-order valence-corrected chi connectivity index (χ1v) is 5.24. The van der Waals surface area contributed by atoms with Crippen LogP contribution in [0.4, 0.5) is 0 Å². The van der Waals surface area contributed by atoms with Crippen LogP contribution in [0, 0.1) is 11.8 Å². The monoisotopic (exact) mass is 195 g/mol. The van der Waals surface area contributed by atoms with Crippen molar-refractivity contribution in [3.63, 3.8) is 0 Å². The molecule has 14 heavy (non-hydrogen) atoms. The lowest BCUT2D eigenvalue weighted by Crippen LogP contribution is -2.33. The standard InChI is InChI=1S/C10H13NO3/c1-2-11-9(12)7-5-3-4-6(14-5)8(7)10(11)13/h5-8H,2-4H2,1H3/t5-,6-,7+,8+/m1/s1.